The molecule has 0 radical (unpaired) electrons. The Labute approximate surface area is 122 Å². The van der Waals surface area contributed by atoms with Gasteiger partial charge in [0.2, 0.25) is 0 Å². The van der Waals surface area contributed by atoms with Crippen LogP contribution in [0.5, 0.6) is 0 Å². The van der Waals surface area contributed by atoms with Gasteiger partial charge in [-0.2, -0.15) is 0 Å². The second-order valence-electron chi connectivity index (χ2n) is 4.64. The van der Waals surface area contributed by atoms with Gasteiger partial charge >= 0.3 is 0 Å². The number of benzene rings is 1. The van der Waals surface area contributed by atoms with Crippen LogP contribution in [-0.2, 0) is 4.74 Å². The van der Waals surface area contributed by atoms with E-state index in [0.717, 1.165) is 13.0 Å². The van der Waals surface area contributed by atoms with Crippen LogP contribution in [0.3, 0.4) is 0 Å². The average molecular weight is 288 g/mol. The fourth-order valence-electron chi connectivity index (χ4n) is 2.12. The molecule has 2 aromatic rings. The molecule has 1 atom stereocenters. The van der Waals surface area contributed by atoms with E-state index in [9.17, 15) is 0 Å². The number of hydrogen-bond donors (Lipinski definition) is 0. The van der Waals surface area contributed by atoms with Gasteiger partial charge in [-0.25, -0.2) is 0 Å². The van der Waals surface area contributed by atoms with Gasteiger partial charge in [0.25, 0.3) is 0 Å². The van der Waals surface area contributed by atoms with Crippen LogP contribution in [0.1, 0.15) is 24.3 Å². The van der Waals surface area contributed by atoms with Crippen molar-refractivity contribution in [3.05, 3.63) is 63.2 Å². The van der Waals surface area contributed by atoms with Crippen LogP contribution in [-0.4, -0.2) is 6.61 Å². The van der Waals surface area contributed by atoms with Crippen LogP contribution in [0.25, 0.3) is 0 Å². The molecule has 0 aliphatic carbocycles. The van der Waals surface area contributed by atoms with Gasteiger partial charge in [-0.1, -0.05) is 36.0 Å². The van der Waals surface area contributed by atoms with Gasteiger partial charge in [-0.05, 0) is 41.0 Å². The van der Waals surface area contributed by atoms with Crippen molar-refractivity contribution >= 4 is 23.1 Å². The van der Waals surface area contributed by atoms with Crippen molar-refractivity contribution in [2.45, 2.75) is 24.3 Å². The van der Waals surface area contributed by atoms with Crippen LogP contribution in [0.15, 0.2) is 63.2 Å². The first kappa shape index (κ1) is 13.0. The third kappa shape index (κ3) is 3.11. The second-order valence-corrected chi connectivity index (χ2v) is 6.79. The number of thioether (sulfide) groups is 1. The average Bonchev–Trinajstić information content (AvgIpc) is 2.96. The normalized spacial score (nSPS) is 19.7. The third-order valence-electron chi connectivity index (χ3n) is 3.19. The SMILES string of the molecule is CC1=C(Sc2ccccc2)CC(c2cccs2)OC1. The topological polar surface area (TPSA) is 9.23 Å². The van der Waals surface area contributed by atoms with E-state index in [1.807, 2.05) is 11.8 Å². The lowest BCUT2D eigenvalue weighted by Crippen LogP contribution is -2.12. The third-order valence-corrected chi connectivity index (χ3v) is 5.43. The van der Waals surface area contributed by atoms with Crippen LogP contribution >= 0.6 is 23.1 Å². The molecule has 0 saturated heterocycles. The van der Waals surface area contributed by atoms with Crippen LogP contribution in [0.2, 0.25) is 0 Å². The summed E-state index contributed by atoms with van der Waals surface area (Å²) in [6.45, 7) is 2.92. The van der Waals surface area contributed by atoms with Crippen molar-refractivity contribution in [3.8, 4) is 0 Å². The Bertz CT molecular complexity index is 558. The van der Waals surface area contributed by atoms with Crippen molar-refractivity contribution in [2.24, 2.45) is 0 Å². The molecule has 98 valence electrons. The lowest BCUT2D eigenvalue weighted by molar-refractivity contribution is 0.0630. The summed E-state index contributed by atoms with van der Waals surface area (Å²) in [5.74, 6) is 0. The molecule has 1 nitrogen and oxygen atoms in total. The molecule has 3 rings (SSSR count). The first-order valence-corrected chi connectivity index (χ1v) is 8.09. The molecule has 1 aromatic heterocycles. The zero-order chi connectivity index (χ0) is 13.1. The fraction of sp³-hybridized carbons (Fsp3) is 0.250. The van der Waals surface area contributed by atoms with E-state index >= 15 is 0 Å². The van der Waals surface area contributed by atoms with E-state index in [4.69, 9.17) is 4.74 Å². The predicted octanol–water partition coefficient (Wildman–Crippen LogP) is 5.28. The van der Waals surface area contributed by atoms with Crippen molar-refractivity contribution in [2.75, 3.05) is 6.61 Å². The molecule has 0 bridgehead atoms. The zero-order valence-electron chi connectivity index (χ0n) is 10.8. The molecule has 0 spiro atoms. The molecular formula is C16H16OS2. The molecule has 0 fully saturated rings. The predicted molar refractivity (Wildman–Crippen MR) is 82.6 cm³/mol. The smallest absolute Gasteiger partial charge is 0.0966 e. The molecule has 1 aromatic carbocycles. The maximum Gasteiger partial charge on any atom is 0.0966 e. The standard InChI is InChI=1S/C16H16OS2/c1-12-11-17-14(15-8-5-9-18-15)10-16(12)19-13-6-3-2-4-7-13/h2-9,14H,10-11H2,1H3. The first-order valence-electron chi connectivity index (χ1n) is 6.39. The lowest BCUT2D eigenvalue weighted by atomic mass is 10.1. The van der Waals surface area contributed by atoms with Gasteiger partial charge in [0, 0.05) is 16.2 Å². The summed E-state index contributed by atoms with van der Waals surface area (Å²) in [7, 11) is 0. The largest absolute Gasteiger partial charge is 0.368 e. The molecule has 0 saturated carbocycles. The minimum absolute atomic E-state index is 0.231. The van der Waals surface area contributed by atoms with Crippen molar-refractivity contribution in [3.63, 3.8) is 0 Å². The monoisotopic (exact) mass is 288 g/mol. The quantitative estimate of drug-likeness (QED) is 0.760. The van der Waals surface area contributed by atoms with Gasteiger partial charge < -0.3 is 4.74 Å². The summed E-state index contributed by atoms with van der Waals surface area (Å²) in [6.07, 6.45) is 1.22. The van der Waals surface area contributed by atoms with E-state index in [2.05, 4.69) is 54.8 Å². The Morgan fingerprint density at radius 3 is 2.74 bits per heavy atom. The minimum Gasteiger partial charge on any atom is -0.368 e. The van der Waals surface area contributed by atoms with E-state index in [-0.39, 0.29) is 6.10 Å². The molecule has 0 N–H and O–H groups in total. The zero-order valence-corrected chi connectivity index (χ0v) is 12.5. The number of hydrogen-bond acceptors (Lipinski definition) is 3. The van der Waals surface area contributed by atoms with Gasteiger partial charge in [-0.15, -0.1) is 11.3 Å². The minimum atomic E-state index is 0.231. The van der Waals surface area contributed by atoms with Crippen LogP contribution in [0, 0.1) is 0 Å². The van der Waals surface area contributed by atoms with Gasteiger partial charge in [0.15, 0.2) is 0 Å². The van der Waals surface area contributed by atoms with Crippen molar-refractivity contribution in [1.29, 1.82) is 0 Å². The molecular weight excluding hydrogens is 272 g/mol. The van der Waals surface area contributed by atoms with Gasteiger partial charge in [-0.3, -0.25) is 0 Å². The fourth-order valence-corrected chi connectivity index (χ4v) is 3.94. The summed E-state index contributed by atoms with van der Waals surface area (Å²) in [5.41, 5.74) is 1.36. The first-order chi connectivity index (χ1) is 9.33. The Kier molecular flexibility index (Phi) is 4.06. The number of ether oxygens (including phenoxy) is 1. The Morgan fingerprint density at radius 2 is 2.00 bits per heavy atom. The molecule has 3 heteroatoms. The van der Waals surface area contributed by atoms with Crippen LogP contribution < -0.4 is 0 Å². The maximum absolute atomic E-state index is 5.94. The summed E-state index contributed by atoms with van der Waals surface area (Å²) in [5, 5.41) is 2.12. The highest BCUT2D eigenvalue weighted by Gasteiger charge is 2.22. The highest BCUT2D eigenvalue weighted by atomic mass is 32.2. The second kappa shape index (κ2) is 5.95. The molecule has 19 heavy (non-hydrogen) atoms. The number of rotatable bonds is 3. The molecule has 1 unspecified atom stereocenters. The lowest BCUT2D eigenvalue weighted by Gasteiger charge is -2.25. The van der Waals surface area contributed by atoms with Crippen molar-refractivity contribution in [1.82, 2.24) is 0 Å². The number of thiophene rings is 1. The summed E-state index contributed by atoms with van der Waals surface area (Å²) >= 11 is 3.66. The molecule has 1 aliphatic rings. The highest BCUT2D eigenvalue weighted by Crippen LogP contribution is 2.41. The van der Waals surface area contributed by atoms with Crippen molar-refractivity contribution < 1.29 is 4.74 Å². The summed E-state index contributed by atoms with van der Waals surface area (Å²) < 4.78 is 5.94. The van der Waals surface area contributed by atoms with Gasteiger partial charge in [0.1, 0.15) is 0 Å². The van der Waals surface area contributed by atoms with E-state index in [1.54, 1.807) is 11.3 Å². The van der Waals surface area contributed by atoms with E-state index in [1.165, 1.54) is 20.3 Å². The Hall–Kier alpha value is -1.03. The Balaban J connectivity index is 1.76. The van der Waals surface area contributed by atoms with E-state index < -0.39 is 0 Å². The molecule has 1 aliphatic heterocycles. The Morgan fingerprint density at radius 1 is 1.16 bits per heavy atom. The molecule has 0 amide bonds. The van der Waals surface area contributed by atoms with E-state index in [0.29, 0.717) is 0 Å². The summed E-state index contributed by atoms with van der Waals surface area (Å²) in [6, 6.07) is 14.8. The van der Waals surface area contributed by atoms with Crippen LogP contribution in [0.4, 0.5) is 0 Å². The maximum atomic E-state index is 5.94. The summed E-state index contributed by atoms with van der Waals surface area (Å²) in [4.78, 5) is 4.10. The van der Waals surface area contributed by atoms with Gasteiger partial charge in [0.05, 0.1) is 12.7 Å². The highest BCUT2D eigenvalue weighted by molar-refractivity contribution is 8.03. The molecule has 2 heterocycles.